The van der Waals surface area contributed by atoms with Crippen LogP contribution >= 0.6 is 23.2 Å². The van der Waals surface area contributed by atoms with Crippen LogP contribution in [0.4, 0.5) is 13.2 Å². The van der Waals surface area contributed by atoms with Crippen molar-refractivity contribution >= 4 is 29.5 Å². The molecule has 0 heterocycles. The van der Waals surface area contributed by atoms with Crippen LogP contribution in [0.2, 0.25) is 10.0 Å². The Morgan fingerprint density at radius 2 is 1.64 bits per heavy atom. The van der Waals surface area contributed by atoms with Gasteiger partial charge in [-0.3, -0.25) is 4.79 Å². The number of hydrogen-bond acceptors (Lipinski definition) is 1. The molecule has 0 aliphatic rings. The van der Waals surface area contributed by atoms with Gasteiger partial charge in [0.1, 0.15) is 0 Å². The van der Waals surface area contributed by atoms with Gasteiger partial charge >= 0.3 is 6.18 Å². The third kappa shape index (κ3) is 2.01. The van der Waals surface area contributed by atoms with E-state index in [1.54, 1.807) is 0 Å². The first-order chi connectivity index (χ1) is 6.38. The molecule has 1 aromatic rings. The number of carbonyl (C=O) groups excluding carboxylic acids is 1. The van der Waals surface area contributed by atoms with Gasteiger partial charge in [-0.1, -0.05) is 23.2 Å². The molecular weight excluding hydrogens is 240 g/mol. The molecule has 1 rings (SSSR count). The zero-order valence-corrected chi connectivity index (χ0v) is 8.04. The Hall–Kier alpha value is -0.740. The van der Waals surface area contributed by atoms with Crippen LogP contribution in [-0.4, -0.2) is 6.29 Å². The normalized spacial score (nSPS) is 11.5. The van der Waals surface area contributed by atoms with E-state index in [0.717, 1.165) is 12.1 Å². The fraction of sp³-hybridized carbons (Fsp3) is 0.125. The molecule has 0 aliphatic heterocycles. The lowest BCUT2D eigenvalue weighted by molar-refractivity contribution is -0.137. The lowest BCUT2D eigenvalue weighted by Gasteiger charge is -2.11. The molecule has 0 fully saturated rings. The lowest BCUT2D eigenvalue weighted by Crippen LogP contribution is -2.10. The van der Waals surface area contributed by atoms with Crippen molar-refractivity contribution < 1.29 is 18.0 Å². The Kier molecular flexibility index (Phi) is 3.07. The van der Waals surface area contributed by atoms with E-state index in [9.17, 15) is 18.0 Å². The first-order valence-corrected chi connectivity index (χ1v) is 4.14. The second kappa shape index (κ2) is 3.79. The average molecular weight is 243 g/mol. The van der Waals surface area contributed by atoms with E-state index in [1.807, 2.05) is 0 Å². The van der Waals surface area contributed by atoms with Crippen molar-refractivity contribution in [3.05, 3.63) is 33.3 Å². The second-order valence-electron chi connectivity index (χ2n) is 2.43. The molecule has 1 aromatic carbocycles. The minimum atomic E-state index is -4.68. The van der Waals surface area contributed by atoms with Gasteiger partial charge in [-0.05, 0) is 12.1 Å². The molecular formula is C8H3Cl2F3O. The van der Waals surface area contributed by atoms with Gasteiger partial charge in [0.25, 0.3) is 0 Å². The summed E-state index contributed by atoms with van der Waals surface area (Å²) < 4.78 is 37.1. The Morgan fingerprint density at radius 1 is 1.14 bits per heavy atom. The van der Waals surface area contributed by atoms with Gasteiger partial charge in [0.2, 0.25) is 0 Å². The van der Waals surface area contributed by atoms with Crippen LogP contribution in [0.1, 0.15) is 15.9 Å². The van der Waals surface area contributed by atoms with Gasteiger partial charge < -0.3 is 0 Å². The van der Waals surface area contributed by atoms with Crippen LogP contribution in [0.15, 0.2) is 12.1 Å². The van der Waals surface area contributed by atoms with Crippen LogP contribution in [0.3, 0.4) is 0 Å². The van der Waals surface area contributed by atoms with Crippen molar-refractivity contribution in [1.82, 2.24) is 0 Å². The lowest BCUT2D eigenvalue weighted by atomic mass is 10.1. The summed E-state index contributed by atoms with van der Waals surface area (Å²) in [7, 11) is 0. The van der Waals surface area contributed by atoms with Gasteiger partial charge in [0, 0.05) is 5.56 Å². The Labute approximate surface area is 87.4 Å². The number of hydrogen-bond donors (Lipinski definition) is 0. The number of benzene rings is 1. The smallest absolute Gasteiger partial charge is 0.298 e. The summed E-state index contributed by atoms with van der Waals surface area (Å²) in [6.07, 6.45) is -4.64. The summed E-state index contributed by atoms with van der Waals surface area (Å²) in [6, 6.07) is 2.14. The predicted molar refractivity (Wildman–Crippen MR) is 46.9 cm³/mol. The van der Waals surface area contributed by atoms with Crippen LogP contribution in [0.25, 0.3) is 0 Å². The average Bonchev–Trinajstić information content (AvgIpc) is 2.06. The fourth-order valence-corrected chi connectivity index (χ4v) is 1.44. The fourth-order valence-electron chi connectivity index (χ4n) is 0.971. The highest BCUT2D eigenvalue weighted by Crippen LogP contribution is 2.38. The van der Waals surface area contributed by atoms with E-state index in [2.05, 4.69) is 0 Å². The van der Waals surface area contributed by atoms with E-state index < -0.39 is 22.3 Å². The largest absolute Gasteiger partial charge is 0.418 e. The Balaban J connectivity index is 3.53. The number of alkyl halides is 3. The summed E-state index contributed by atoms with van der Waals surface area (Å²) in [4.78, 5) is 10.4. The molecule has 0 aromatic heterocycles. The van der Waals surface area contributed by atoms with Crippen LogP contribution in [-0.2, 0) is 6.18 Å². The maximum Gasteiger partial charge on any atom is 0.418 e. The molecule has 14 heavy (non-hydrogen) atoms. The molecule has 0 unspecified atom stereocenters. The summed E-state index contributed by atoms with van der Waals surface area (Å²) in [5.74, 6) is 0. The van der Waals surface area contributed by atoms with E-state index in [0.29, 0.717) is 0 Å². The molecule has 6 heteroatoms. The zero-order valence-electron chi connectivity index (χ0n) is 6.53. The molecule has 1 nitrogen and oxygen atoms in total. The van der Waals surface area contributed by atoms with Gasteiger partial charge in [-0.25, -0.2) is 0 Å². The molecule has 0 N–H and O–H groups in total. The maximum atomic E-state index is 12.4. The standard InChI is InChI=1S/C8H3Cl2F3O/c9-5-1-2-6(10)7(4(5)3-14)8(11,12)13/h1-3H. The number of halogens is 5. The Bertz CT molecular complexity index is 374. The zero-order chi connectivity index (χ0) is 10.9. The predicted octanol–water partition coefficient (Wildman–Crippen LogP) is 3.82. The monoisotopic (exact) mass is 242 g/mol. The molecule has 0 atom stereocenters. The van der Waals surface area contributed by atoms with Gasteiger partial charge in [-0.15, -0.1) is 0 Å². The van der Waals surface area contributed by atoms with Gasteiger partial charge in [-0.2, -0.15) is 13.2 Å². The van der Waals surface area contributed by atoms with E-state index in [1.165, 1.54) is 0 Å². The summed E-state index contributed by atoms with van der Waals surface area (Å²) in [5.41, 5.74) is -1.83. The quantitative estimate of drug-likeness (QED) is 0.685. The van der Waals surface area contributed by atoms with Crippen molar-refractivity contribution in [2.75, 3.05) is 0 Å². The van der Waals surface area contributed by atoms with Crippen molar-refractivity contribution in [2.24, 2.45) is 0 Å². The first-order valence-electron chi connectivity index (χ1n) is 3.38. The summed E-state index contributed by atoms with van der Waals surface area (Å²) in [5, 5.41) is -0.805. The highest BCUT2D eigenvalue weighted by Gasteiger charge is 2.36. The topological polar surface area (TPSA) is 17.1 Å². The highest BCUT2D eigenvalue weighted by atomic mass is 35.5. The van der Waals surface area contributed by atoms with E-state index >= 15 is 0 Å². The molecule has 0 radical (unpaired) electrons. The minimum Gasteiger partial charge on any atom is -0.298 e. The van der Waals surface area contributed by atoms with Crippen molar-refractivity contribution in [1.29, 1.82) is 0 Å². The third-order valence-electron chi connectivity index (χ3n) is 1.54. The molecule has 0 saturated carbocycles. The number of carbonyl (C=O) groups is 1. The van der Waals surface area contributed by atoms with Crippen molar-refractivity contribution in [2.45, 2.75) is 6.18 Å². The molecule has 0 bridgehead atoms. The summed E-state index contributed by atoms with van der Waals surface area (Å²) in [6.45, 7) is 0. The first kappa shape index (κ1) is 11.3. The molecule has 0 spiro atoms. The van der Waals surface area contributed by atoms with Crippen LogP contribution in [0.5, 0.6) is 0 Å². The highest BCUT2D eigenvalue weighted by molar-refractivity contribution is 6.35. The second-order valence-corrected chi connectivity index (χ2v) is 3.25. The van der Waals surface area contributed by atoms with Crippen LogP contribution < -0.4 is 0 Å². The molecule has 0 saturated heterocycles. The van der Waals surface area contributed by atoms with Gasteiger partial charge in [0.05, 0.1) is 15.6 Å². The van der Waals surface area contributed by atoms with E-state index in [4.69, 9.17) is 23.2 Å². The van der Waals surface area contributed by atoms with Crippen LogP contribution in [0, 0.1) is 0 Å². The maximum absolute atomic E-state index is 12.4. The number of rotatable bonds is 1. The molecule has 76 valence electrons. The van der Waals surface area contributed by atoms with Gasteiger partial charge in [0.15, 0.2) is 6.29 Å². The SMILES string of the molecule is O=Cc1c(Cl)ccc(Cl)c1C(F)(F)F. The molecule has 0 aliphatic carbocycles. The Morgan fingerprint density at radius 3 is 2.00 bits per heavy atom. The summed E-state index contributed by atoms with van der Waals surface area (Å²) >= 11 is 10.7. The number of aldehydes is 1. The van der Waals surface area contributed by atoms with E-state index in [-0.39, 0.29) is 11.3 Å². The third-order valence-corrected chi connectivity index (χ3v) is 2.19. The van der Waals surface area contributed by atoms with Crippen molar-refractivity contribution in [3.8, 4) is 0 Å². The molecule has 0 amide bonds. The van der Waals surface area contributed by atoms with Crippen molar-refractivity contribution in [3.63, 3.8) is 0 Å². The minimum absolute atomic E-state index is 0.0387.